The van der Waals surface area contributed by atoms with Crippen molar-refractivity contribution in [2.24, 2.45) is 5.73 Å². The molecule has 1 atom stereocenters. The lowest BCUT2D eigenvalue weighted by molar-refractivity contribution is 0.199. The number of piperazine rings is 1. The highest BCUT2D eigenvalue weighted by Crippen LogP contribution is 2.24. The van der Waals surface area contributed by atoms with E-state index in [0.717, 1.165) is 31.9 Å². The van der Waals surface area contributed by atoms with E-state index < -0.39 is 0 Å². The van der Waals surface area contributed by atoms with Crippen molar-refractivity contribution in [3.05, 3.63) is 29.6 Å². The molecule has 0 aromatic heterocycles. The van der Waals surface area contributed by atoms with Gasteiger partial charge in [0.05, 0.1) is 0 Å². The second kappa shape index (κ2) is 5.57. The first kappa shape index (κ1) is 13.8. The lowest BCUT2D eigenvalue weighted by Gasteiger charge is -2.41. The van der Waals surface area contributed by atoms with E-state index in [9.17, 15) is 4.39 Å². The van der Waals surface area contributed by atoms with Crippen LogP contribution in [0.5, 0.6) is 0 Å². The van der Waals surface area contributed by atoms with Crippen LogP contribution in [0, 0.1) is 11.2 Å². The molecule has 1 fully saturated rings. The minimum absolute atomic E-state index is 0.0833. The van der Waals surface area contributed by atoms with Crippen LogP contribution in [-0.4, -0.2) is 43.0 Å². The van der Waals surface area contributed by atoms with Crippen LogP contribution in [0.1, 0.15) is 19.4 Å². The fourth-order valence-electron chi connectivity index (χ4n) is 2.68. The number of benzene rings is 1. The largest absolute Gasteiger partial charge is 0.384 e. The molecule has 104 valence electrons. The van der Waals surface area contributed by atoms with Crippen molar-refractivity contribution in [3.8, 4) is 0 Å². The first-order valence-electron chi connectivity index (χ1n) is 6.66. The number of nitrogens with zero attached hydrogens (tertiary/aromatic N) is 2. The predicted molar refractivity (Wildman–Crippen MR) is 76.3 cm³/mol. The predicted octanol–water partition coefficient (Wildman–Crippen LogP) is 1.64. The third-order valence-electron chi connectivity index (χ3n) is 3.76. The normalized spacial score (nSPS) is 20.6. The monoisotopic (exact) mass is 264 g/mol. The van der Waals surface area contributed by atoms with Crippen LogP contribution in [0.15, 0.2) is 18.2 Å². The Labute approximate surface area is 113 Å². The highest BCUT2D eigenvalue weighted by atomic mass is 19.1. The van der Waals surface area contributed by atoms with Crippen LogP contribution >= 0.6 is 0 Å². The Balaban J connectivity index is 2.25. The summed E-state index contributed by atoms with van der Waals surface area (Å²) < 4.78 is 13.3. The van der Waals surface area contributed by atoms with Crippen LogP contribution in [0.3, 0.4) is 0 Å². The Morgan fingerprint density at radius 1 is 1.47 bits per heavy atom. The SMILES string of the molecule is CCN1CCN(c2ccc(F)cc2C(=N)N)CC1C. The van der Waals surface area contributed by atoms with Gasteiger partial charge in [0.15, 0.2) is 0 Å². The summed E-state index contributed by atoms with van der Waals surface area (Å²) in [5, 5.41) is 7.59. The van der Waals surface area contributed by atoms with Crippen LogP contribution in [0.2, 0.25) is 0 Å². The van der Waals surface area contributed by atoms with Gasteiger partial charge in [0.1, 0.15) is 11.7 Å². The molecule has 1 aliphatic heterocycles. The Kier molecular flexibility index (Phi) is 4.04. The van der Waals surface area contributed by atoms with Crippen molar-refractivity contribution >= 4 is 11.5 Å². The number of likely N-dealkylation sites (N-methyl/N-ethyl adjacent to an activating group) is 1. The molecular weight excluding hydrogens is 243 g/mol. The Hall–Kier alpha value is -1.62. The zero-order chi connectivity index (χ0) is 14.0. The van der Waals surface area contributed by atoms with Crippen LogP contribution in [-0.2, 0) is 0 Å². The highest BCUT2D eigenvalue weighted by molar-refractivity contribution is 6.00. The molecule has 1 aromatic carbocycles. The first-order valence-corrected chi connectivity index (χ1v) is 6.66. The lowest BCUT2D eigenvalue weighted by atomic mass is 10.1. The van der Waals surface area contributed by atoms with E-state index in [-0.39, 0.29) is 11.7 Å². The maximum absolute atomic E-state index is 13.3. The van der Waals surface area contributed by atoms with E-state index in [4.69, 9.17) is 11.1 Å². The second-order valence-electron chi connectivity index (χ2n) is 5.00. The van der Waals surface area contributed by atoms with Gasteiger partial charge in [-0.25, -0.2) is 4.39 Å². The summed E-state index contributed by atoms with van der Waals surface area (Å²) in [7, 11) is 0. The Bertz CT molecular complexity index is 475. The molecule has 1 heterocycles. The molecule has 1 aliphatic rings. The van der Waals surface area contributed by atoms with Gasteiger partial charge in [-0.05, 0) is 31.7 Å². The number of rotatable bonds is 3. The second-order valence-corrected chi connectivity index (χ2v) is 5.00. The number of halogens is 1. The third kappa shape index (κ3) is 2.87. The van der Waals surface area contributed by atoms with Crippen molar-refractivity contribution in [1.29, 1.82) is 5.41 Å². The summed E-state index contributed by atoms with van der Waals surface area (Å²) in [6, 6.07) is 4.94. The Morgan fingerprint density at radius 2 is 2.21 bits per heavy atom. The molecular formula is C14H21FN4. The molecule has 0 spiro atoms. The van der Waals surface area contributed by atoms with Crippen molar-refractivity contribution in [1.82, 2.24) is 4.90 Å². The van der Waals surface area contributed by atoms with Gasteiger partial charge in [-0.1, -0.05) is 6.92 Å². The smallest absolute Gasteiger partial charge is 0.125 e. The van der Waals surface area contributed by atoms with Crippen molar-refractivity contribution in [2.75, 3.05) is 31.1 Å². The summed E-state index contributed by atoms with van der Waals surface area (Å²) >= 11 is 0. The summed E-state index contributed by atoms with van der Waals surface area (Å²) in [5.74, 6) is -0.436. The quantitative estimate of drug-likeness (QED) is 0.644. The zero-order valence-corrected chi connectivity index (χ0v) is 11.5. The summed E-state index contributed by atoms with van der Waals surface area (Å²) in [6.45, 7) is 8.12. The maximum Gasteiger partial charge on any atom is 0.125 e. The Morgan fingerprint density at radius 3 is 2.79 bits per heavy atom. The number of nitrogen functional groups attached to an aromatic ring is 1. The molecule has 2 rings (SSSR count). The fraction of sp³-hybridized carbons (Fsp3) is 0.500. The minimum atomic E-state index is -0.353. The molecule has 3 N–H and O–H groups in total. The zero-order valence-electron chi connectivity index (χ0n) is 11.5. The average Bonchev–Trinajstić information content (AvgIpc) is 2.38. The van der Waals surface area contributed by atoms with E-state index >= 15 is 0 Å². The van der Waals surface area contributed by atoms with Crippen LogP contribution in [0.4, 0.5) is 10.1 Å². The molecule has 0 saturated carbocycles. The molecule has 0 bridgehead atoms. The van der Waals surface area contributed by atoms with E-state index in [0.29, 0.717) is 11.6 Å². The molecule has 0 aliphatic carbocycles. The van der Waals surface area contributed by atoms with Crippen LogP contribution in [0.25, 0.3) is 0 Å². The van der Waals surface area contributed by atoms with Gasteiger partial charge < -0.3 is 10.6 Å². The fourth-order valence-corrected chi connectivity index (χ4v) is 2.68. The lowest BCUT2D eigenvalue weighted by Crippen LogP contribution is -2.52. The van der Waals surface area contributed by atoms with Crippen molar-refractivity contribution in [2.45, 2.75) is 19.9 Å². The molecule has 19 heavy (non-hydrogen) atoms. The van der Waals surface area contributed by atoms with Crippen molar-refractivity contribution in [3.63, 3.8) is 0 Å². The summed E-state index contributed by atoms with van der Waals surface area (Å²) in [4.78, 5) is 4.60. The topological polar surface area (TPSA) is 56.4 Å². The van der Waals surface area contributed by atoms with Gasteiger partial charge in [0.25, 0.3) is 0 Å². The van der Waals surface area contributed by atoms with Crippen molar-refractivity contribution < 1.29 is 4.39 Å². The van der Waals surface area contributed by atoms with Gasteiger partial charge >= 0.3 is 0 Å². The van der Waals surface area contributed by atoms with E-state index in [2.05, 4.69) is 23.6 Å². The summed E-state index contributed by atoms with van der Waals surface area (Å²) in [5.41, 5.74) is 6.90. The molecule has 0 amide bonds. The maximum atomic E-state index is 13.3. The van der Waals surface area contributed by atoms with Gasteiger partial charge in [-0.3, -0.25) is 10.3 Å². The third-order valence-corrected chi connectivity index (χ3v) is 3.76. The van der Waals surface area contributed by atoms with E-state index in [1.54, 1.807) is 6.07 Å². The minimum Gasteiger partial charge on any atom is -0.384 e. The van der Waals surface area contributed by atoms with Gasteiger partial charge in [-0.15, -0.1) is 0 Å². The molecule has 1 unspecified atom stereocenters. The standard InChI is InChI=1S/C14H21FN4/c1-3-18-6-7-19(9-10(18)2)13-5-4-11(15)8-12(13)14(16)17/h4-5,8,10H,3,6-7,9H2,1-2H3,(H3,16,17). The van der Waals surface area contributed by atoms with Gasteiger partial charge in [0, 0.05) is 36.9 Å². The molecule has 4 nitrogen and oxygen atoms in total. The number of hydrogen-bond donors (Lipinski definition) is 2. The van der Waals surface area contributed by atoms with Crippen LogP contribution < -0.4 is 10.6 Å². The first-order chi connectivity index (χ1) is 9.02. The summed E-state index contributed by atoms with van der Waals surface area (Å²) in [6.07, 6.45) is 0. The molecule has 1 aromatic rings. The van der Waals surface area contributed by atoms with Gasteiger partial charge in [-0.2, -0.15) is 0 Å². The van der Waals surface area contributed by atoms with Gasteiger partial charge in [0.2, 0.25) is 0 Å². The molecule has 1 saturated heterocycles. The van der Waals surface area contributed by atoms with E-state index in [1.165, 1.54) is 12.1 Å². The number of hydrogen-bond acceptors (Lipinski definition) is 3. The molecule has 5 heteroatoms. The molecule has 0 radical (unpaired) electrons. The number of amidine groups is 1. The number of nitrogens with two attached hydrogens (primary N) is 1. The number of anilines is 1. The number of nitrogens with one attached hydrogen (secondary N) is 1. The highest BCUT2D eigenvalue weighted by Gasteiger charge is 2.24. The van der Waals surface area contributed by atoms with E-state index in [1.807, 2.05) is 0 Å². The average molecular weight is 264 g/mol.